The van der Waals surface area contributed by atoms with Gasteiger partial charge < -0.3 is 10.1 Å². The topological polar surface area (TPSA) is 21.3 Å². The molecule has 0 amide bonds. The number of ether oxygens (including phenoxy) is 1. The predicted octanol–water partition coefficient (Wildman–Crippen LogP) is 4.32. The summed E-state index contributed by atoms with van der Waals surface area (Å²) in [4.78, 5) is 0. The molecule has 0 bridgehead atoms. The fraction of sp³-hybridized carbons (Fsp3) is 0.368. The molecule has 2 aromatic carbocycles. The van der Waals surface area contributed by atoms with E-state index >= 15 is 0 Å². The molecule has 0 fully saturated rings. The molecule has 2 aromatic rings. The van der Waals surface area contributed by atoms with E-state index in [1.165, 1.54) is 40.8 Å². The van der Waals surface area contributed by atoms with Gasteiger partial charge in [-0.3, -0.25) is 0 Å². The third-order valence-corrected chi connectivity index (χ3v) is 4.56. The highest BCUT2D eigenvalue weighted by Gasteiger charge is 2.22. The van der Waals surface area contributed by atoms with Crippen molar-refractivity contribution in [3.63, 3.8) is 0 Å². The van der Waals surface area contributed by atoms with E-state index < -0.39 is 0 Å². The smallest absolute Gasteiger partial charge is 0.120 e. The van der Waals surface area contributed by atoms with Crippen LogP contribution in [0, 0.1) is 6.92 Å². The number of benzene rings is 2. The van der Waals surface area contributed by atoms with Gasteiger partial charge in [-0.15, -0.1) is 0 Å². The molecule has 1 aliphatic rings. The monoisotopic (exact) mass is 281 g/mol. The van der Waals surface area contributed by atoms with Crippen LogP contribution in [-0.4, -0.2) is 14.2 Å². The van der Waals surface area contributed by atoms with Crippen LogP contribution in [0.3, 0.4) is 0 Å². The van der Waals surface area contributed by atoms with Gasteiger partial charge in [-0.05, 0) is 54.9 Å². The molecule has 1 N–H and O–H groups in total. The summed E-state index contributed by atoms with van der Waals surface area (Å²) in [6, 6.07) is 13.3. The van der Waals surface area contributed by atoms with Crippen LogP contribution in [0.4, 0.5) is 5.69 Å². The van der Waals surface area contributed by atoms with Crippen molar-refractivity contribution in [2.75, 3.05) is 19.5 Å². The number of methoxy groups -OCH3 is 1. The molecule has 0 heterocycles. The van der Waals surface area contributed by atoms with E-state index in [0.29, 0.717) is 5.92 Å². The zero-order valence-corrected chi connectivity index (χ0v) is 13.1. The first-order valence-electron chi connectivity index (χ1n) is 7.65. The summed E-state index contributed by atoms with van der Waals surface area (Å²) in [5.74, 6) is 1.50. The third kappa shape index (κ3) is 2.76. The van der Waals surface area contributed by atoms with Crippen molar-refractivity contribution in [1.82, 2.24) is 0 Å². The zero-order valence-electron chi connectivity index (χ0n) is 13.1. The standard InChI is InChI=1S/C19H23NO/c1-13-4-5-15-11-16(7-6-14(15)10-13)18-9-8-17(21-3)12-19(18)20-2/h4-5,8-10,12,16,20H,6-7,11H2,1-3H3. The van der Waals surface area contributed by atoms with Crippen molar-refractivity contribution in [3.8, 4) is 5.75 Å². The number of rotatable bonds is 3. The van der Waals surface area contributed by atoms with Crippen molar-refractivity contribution in [2.24, 2.45) is 0 Å². The zero-order chi connectivity index (χ0) is 14.8. The molecule has 2 nitrogen and oxygen atoms in total. The normalized spacial score (nSPS) is 17.2. The van der Waals surface area contributed by atoms with E-state index in [0.717, 1.165) is 12.2 Å². The Labute approximate surface area is 127 Å². The summed E-state index contributed by atoms with van der Waals surface area (Å²) >= 11 is 0. The first-order chi connectivity index (χ1) is 10.2. The summed E-state index contributed by atoms with van der Waals surface area (Å²) in [5, 5.41) is 3.32. The second-order valence-corrected chi connectivity index (χ2v) is 5.92. The Balaban J connectivity index is 1.90. The fourth-order valence-electron chi connectivity index (χ4n) is 3.38. The number of nitrogens with one attached hydrogen (secondary N) is 1. The lowest BCUT2D eigenvalue weighted by atomic mass is 9.79. The largest absolute Gasteiger partial charge is 0.497 e. The maximum atomic E-state index is 5.33. The lowest BCUT2D eigenvalue weighted by Crippen LogP contribution is -2.14. The average molecular weight is 281 g/mol. The molecular formula is C19H23NO. The molecule has 1 aliphatic carbocycles. The van der Waals surface area contributed by atoms with Crippen LogP contribution in [0.1, 0.15) is 34.6 Å². The molecule has 0 radical (unpaired) electrons. The minimum atomic E-state index is 0.591. The summed E-state index contributed by atoms with van der Waals surface area (Å²) < 4.78 is 5.33. The SMILES string of the molecule is CNc1cc(OC)ccc1C1CCc2cc(C)ccc2C1. The van der Waals surface area contributed by atoms with Gasteiger partial charge in [-0.2, -0.15) is 0 Å². The van der Waals surface area contributed by atoms with Crippen molar-refractivity contribution in [2.45, 2.75) is 32.1 Å². The van der Waals surface area contributed by atoms with Crippen LogP contribution in [-0.2, 0) is 12.8 Å². The molecule has 110 valence electrons. The van der Waals surface area contributed by atoms with Gasteiger partial charge in [0.25, 0.3) is 0 Å². The molecule has 0 spiro atoms. The van der Waals surface area contributed by atoms with Gasteiger partial charge >= 0.3 is 0 Å². The molecule has 21 heavy (non-hydrogen) atoms. The van der Waals surface area contributed by atoms with Gasteiger partial charge in [-0.1, -0.05) is 29.8 Å². The summed E-state index contributed by atoms with van der Waals surface area (Å²) in [6.07, 6.45) is 3.53. The molecule has 0 saturated carbocycles. The fourth-order valence-corrected chi connectivity index (χ4v) is 3.38. The minimum Gasteiger partial charge on any atom is -0.497 e. The van der Waals surface area contributed by atoms with Crippen LogP contribution < -0.4 is 10.1 Å². The summed E-state index contributed by atoms with van der Waals surface area (Å²) in [6.45, 7) is 2.18. The lowest BCUT2D eigenvalue weighted by molar-refractivity contribution is 0.414. The highest BCUT2D eigenvalue weighted by atomic mass is 16.5. The van der Waals surface area contributed by atoms with Crippen LogP contribution >= 0.6 is 0 Å². The van der Waals surface area contributed by atoms with Crippen molar-refractivity contribution in [3.05, 3.63) is 58.7 Å². The molecule has 0 aliphatic heterocycles. The number of hydrogen-bond acceptors (Lipinski definition) is 2. The van der Waals surface area contributed by atoms with Gasteiger partial charge in [0.05, 0.1) is 7.11 Å². The summed E-state index contributed by atoms with van der Waals surface area (Å²) in [7, 11) is 3.70. The van der Waals surface area contributed by atoms with E-state index in [1.807, 2.05) is 7.05 Å². The van der Waals surface area contributed by atoms with Crippen molar-refractivity contribution < 1.29 is 4.74 Å². The highest BCUT2D eigenvalue weighted by molar-refractivity contribution is 5.57. The first-order valence-corrected chi connectivity index (χ1v) is 7.65. The molecule has 0 aromatic heterocycles. The predicted molar refractivity (Wildman–Crippen MR) is 88.5 cm³/mol. The molecule has 1 atom stereocenters. The molecule has 0 saturated heterocycles. The van der Waals surface area contributed by atoms with E-state index in [1.54, 1.807) is 7.11 Å². The Morgan fingerprint density at radius 1 is 1.10 bits per heavy atom. The van der Waals surface area contributed by atoms with Crippen LogP contribution in [0.5, 0.6) is 5.75 Å². The second kappa shape index (κ2) is 5.80. The quantitative estimate of drug-likeness (QED) is 0.904. The third-order valence-electron chi connectivity index (χ3n) is 4.56. The maximum absolute atomic E-state index is 5.33. The average Bonchev–Trinajstić information content (AvgIpc) is 2.53. The Hall–Kier alpha value is -1.96. The Bertz CT molecular complexity index is 648. The first kappa shape index (κ1) is 14.0. The Morgan fingerprint density at radius 3 is 2.71 bits per heavy atom. The van der Waals surface area contributed by atoms with Crippen LogP contribution in [0.2, 0.25) is 0 Å². The van der Waals surface area contributed by atoms with E-state index in [4.69, 9.17) is 4.74 Å². The summed E-state index contributed by atoms with van der Waals surface area (Å²) in [5.41, 5.74) is 7.01. The number of fused-ring (bicyclic) bond motifs is 1. The van der Waals surface area contributed by atoms with Gasteiger partial charge in [0.15, 0.2) is 0 Å². The van der Waals surface area contributed by atoms with Gasteiger partial charge in [-0.25, -0.2) is 0 Å². The Morgan fingerprint density at radius 2 is 1.95 bits per heavy atom. The van der Waals surface area contributed by atoms with Gasteiger partial charge in [0, 0.05) is 18.8 Å². The van der Waals surface area contributed by atoms with E-state index in [9.17, 15) is 0 Å². The Kier molecular flexibility index (Phi) is 3.87. The van der Waals surface area contributed by atoms with E-state index in [2.05, 4.69) is 48.6 Å². The highest BCUT2D eigenvalue weighted by Crippen LogP contribution is 2.37. The number of aryl methyl sites for hydroxylation is 2. The second-order valence-electron chi connectivity index (χ2n) is 5.92. The molecular weight excluding hydrogens is 258 g/mol. The molecule has 2 heteroatoms. The van der Waals surface area contributed by atoms with Crippen molar-refractivity contribution >= 4 is 5.69 Å². The molecule has 1 unspecified atom stereocenters. The number of hydrogen-bond donors (Lipinski definition) is 1. The van der Waals surface area contributed by atoms with Crippen LogP contribution in [0.15, 0.2) is 36.4 Å². The number of anilines is 1. The lowest BCUT2D eigenvalue weighted by Gasteiger charge is -2.27. The van der Waals surface area contributed by atoms with Crippen LogP contribution in [0.25, 0.3) is 0 Å². The van der Waals surface area contributed by atoms with E-state index in [-0.39, 0.29) is 0 Å². The minimum absolute atomic E-state index is 0.591. The van der Waals surface area contributed by atoms with Crippen molar-refractivity contribution in [1.29, 1.82) is 0 Å². The van der Waals surface area contributed by atoms with Gasteiger partial charge in [0.2, 0.25) is 0 Å². The molecule has 3 rings (SSSR count). The van der Waals surface area contributed by atoms with Gasteiger partial charge in [0.1, 0.15) is 5.75 Å². The maximum Gasteiger partial charge on any atom is 0.120 e.